The summed E-state index contributed by atoms with van der Waals surface area (Å²) in [5.74, 6) is 2.71. The minimum Gasteiger partial charge on any atom is -0.349 e. The molecule has 0 aliphatic rings. The molecule has 0 radical (unpaired) electrons. The van der Waals surface area contributed by atoms with E-state index in [9.17, 15) is 0 Å². The van der Waals surface area contributed by atoms with Crippen molar-refractivity contribution in [1.29, 1.82) is 0 Å². The lowest BCUT2D eigenvalue weighted by Crippen LogP contribution is -2.27. The van der Waals surface area contributed by atoms with Crippen LogP contribution in [0.5, 0.6) is 0 Å². The van der Waals surface area contributed by atoms with E-state index in [0.717, 1.165) is 37.6 Å². The molecule has 1 aromatic heterocycles. The van der Waals surface area contributed by atoms with E-state index < -0.39 is 0 Å². The zero-order chi connectivity index (χ0) is 13.4. The second kappa shape index (κ2) is 8.12. The number of hydrogen-bond acceptors (Lipinski definition) is 4. The maximum absolute atomic E-state index is 5.35. The molecule has 4 heteroatoms. The molecule has 0 aliphatic heterocycles. The van der Waals surface area contributed by atoms with Crippen LogP contribution in [-0.2, 0) is 6.54 Å². The fraction of sp³-hybridized carbons (Fsp3) is 0.643. The molecule has 100 valence electrons. The summed E-state index contributed by atoms with van der Waals surface area (Å²) >= 11 is 1.76. The number of aromatic nitrogens is 1. The Balaban J connectivity index is 2.51. The van der Waals surface area contributed by atoms with Gasteiger partial charge in [-0.1, -0.05) is 6.92 Å². The number of nitrogens with one attached hydrogen (secondary N) is 1. The summed E-state index contributed by atoms with van der Waals surface area (Å²) in [4.78, 5) is 8.01. The molecule has 1 rings (SSSR count). The van der Waals surface area contributed by atoms with Gasteiger partial charge in [0.2, 0.25) is 0 Å². The number of nitrogens with zero attached hydrogens (tertiary/aromatic N) is 2. The molecule has 0 amide bonds. The van der Waals surface area contributed by atoms with E-state index in [2.05, 4.69) is 41.9 Å². The monoisotopic (exact) mass is 265 g/mol. The zero-order valence-electron chi connectivity index (χ0n) is 11.6. The first kappa shape index (κ1) is 15.0. The molecule has 1 N–H and O–H groups in total. The predicted molar refractivity (Wildman–Crippen MR) is 80.0 cm³/mol. The second-order valence-electron chi connectivity index (χ2n) is 4.18. The number of thiazole rings is 1. The highest BCUT2D eigenvalue weighted by Crippen LogP contribution is 2.22. The van der Waals surface area contributed by atoms with E-state index in [1.165, 1.54) is 4.88 Å². The highest BCUT2D eigenvalue weighted by atomic mass is 32.1. The van der Waals surface area contributed by atoms with Gasteiger partial charge in [0, 0.05) is 43.2 Å². The molecule has 3 nitrogen and oxygen atoms in total. The van der Waals surface area contributed by atoms with Gasteiger partial charge in [0.1, 0.15) is 0 Å². The number of terminal acetylenes is 1. The van der Waals surface area contributed by atoms with Crippen molar-refractivity contribution in [3.63, 3.8) is 0 Å². The van der Waals surface area contributed by atoms with Crippen molar-refractivity contribution >= 4 is 16.5 Å². The molecule has 0 aliphatic carbocycles. The molecule has 0 saturated carbocycles. The van der Waals surface area contributed by atoms with Crippen molar-refractivity contribution < 1.29 is 0 Å². The molecule has 1 atom stereocenters. The van der Waals surface area contributed by atoms with E-state index >= 15 is 0 Å². The molecule has 0 spiro atoms. The van der Waals surface area contributed by atoms with Crippen LogP contribution in [0.2, 0.25) is 0 Å². The van der Waals surface area contributed by atoms with Gasteiger partial charge >= 0.3 is 0 Å². The molecule has 0 aromatic carbocycles. The van der Waals surface area contributed by atoms with Crippen molar-refractivity contribution in [2.24, 2.45) is 0 Å². The largest absolute Gasteiger partial charge is 0.349 e. The van der Waals surface area contributed by atoms with Gasteiger partial charge in [-0.3, -0.25) is 0 Å². The van der Waals surface area contributed by atoms with Gasteiger partial charge in [0.25, 0.3) is 0 Å². The third-order valence-corrected chi connectivity index (χ3v) is 4.06. The summed E-state index contributed by atoms with van der Waals surface area (Å²) in [5, 5.41) is 4.60. The predicted octanol–water partition coefficient (Wildman–Crippen LogP) is 2.88. The fourth-order valence-corrected chi connectivity index (χ4v) is 2.76. The topological polar surface area (TPSA) is 28.2 Å². The van der Waals surface area contributed by atoms with Gasteiger partial charge in [-0.25, -0.2) is 4.98 Å². The maximum atomic E-state index is 5.35. The molecule has 0 fully saturated rings. The summed E-state index contributed by atoms with van der Waals surface area (Å²) in [6.07, 6.45) is 9.16. The molecular weight excluding hydrogens is 242 g/mol. The second-order valence-corrected chi connectivity index (χ2v) is 5.27. The van der Waals surface area contributed by atoms with Crippen molar-refractivity contribution in [3.05, 3.63) is 11.1 Å². The molecule has 0 saturated heterocycles. The minimum atomic E-state index is 0.411. The smallest absolute Gasteiger partial charge is 0.185 e. The van der Waals surface area contributed by atoms with E-state index in [-0.39, 0.29) is 0 Å². The quantitative estimate of drug-likeness (QED) is 0.733. The van der Waals surface area contributed by atoms with Crippen LogP contribution in [0.1, 0.15) is 38.5 Å². The van der Waals surface area contributed by atoms with Crippen molar-refractivity contribution in [1.82, 2.24) is 10.3 Å². The van der Waals surface area contributed by atoms with Gasteiger partial charge in [-0.15, -0.1) is 23.7 Å². The van der Waals surface area contributed by atoms with E-state index in [1.54, 1.807) is 11.3 Å². The molecule has 1 aromatic rings. The van der Waals surface area contributed by atoms with Gasteiger partial charge in [-0.05, 0) is 20.3 Å². The highest BCUT2D eigenvalue weighted by Gasteiger charge is 2.09. The van der Waals surface area contributed by atoms with Gasteiger partial charge in [-0.2, -0.15) is 0 Å². The average Bonchev–Trinajstić information content (AvgIpc) is 2.85. The minimum absolute atomic E-state index is 0.411. The fourth-order valence-electron chi connectivity index (χ4n) is 1.77. The third-order valence-electron chi connectivity index (χ3n) is 3.00. The van der Waals surface area contributed by atoms with Gasteiger partial charge < -0.3 is 10.2 Å². The van der Waals surface area contributed by atoms with E-state index in [4.69, 9.17) is 6.42 Å². The van der Waals surface area contributed by atoms with E-state index in [1.807, 2.05) is 6.20 Å². The Bertz CT molecular complexity index is 377. The van der Waals surface area contributed by atoms with Crippen molar-refractivity contribution in [2.45, 2.75) is 46.2 Å². The van der Waals surface area contributed by atoms with Gasteiger partial charge in [0.15, 0.2) is 5.13 Å². The van der Waals surface area contributed by atoms with Crippen LogP contribution in [0.25, 0.3) is 0 Å². The standard InChI is InChI=1S/C14H23N3S/c1-5-9-12(6-2)15-10-13-11-16-14(18-13)17(7-3)8-4/h1,11-12,15H,6-10H2,2-4H3. The number of hydrogen-bond donors (Lipinski definition) is 1. The lowest BCUT2D eigenvalue weighted by atomic mass is 10.1. The first-order valence-electron chi connectivity index (χ1n) is 6.61. The first-order valence-corrected chi connectivity index (χ1v) is 7.43. The third kappa shape index (κ3) is 4.32. The summed E-state index contributed by atoms with van der Waals surface area (Å²) in [5.41, 5.74) is 0. The Morgan fingerprint density at radius 1 is 1.44 bits per heavy atom. The van der Waals surface area contributed by atoms with Crippen LogP contribution in [0.4, 0.5) is 5.13 Å². The van der Waals surface area contributed by atoms with Crippen LogP contribution in [-0.4, -0.2) is 24.1 Å². The molecule has 0 bridgehead atoms. The van der Waals surface area contributed by atoms with Crippen LogP contribution in [0, 0.1) is 12.3 Å². The van der Waals surface area contributed by atoms with Gasteiger partial charge in [0.05, 0.1) is 0 Å². The molecule has 1 unspecified atom stereocenters. The molecular formula is C14H23N3S. The van der Waals surface area contributed by atoms with E-state index in [0.29, 0.717) is 6.04 Å². The van der Waals surface area contributed by atoms with Crippen molar-refractivity contribution in [3.8, 4) is 12.3 Å². The summed E-state index contributed by atoms with van der Waals surface area (Å²) in [7, 11) is 0. The Kier molecular flexibility index (Phi) is 6.77. The number of anilines is 1. The summed E-state index contributed by atoms with van der Waals surface area (Å²) < 4.78 is 0. The average molecular weight is 265 g/mol. The molecule has 18 heavy (non-hydrogen) atoms. The Morgan fingerprint density at radius 2 is 2.17 bits per heavy atom. The lowest BCUT2D eigenvalue weighted by Gasteiger charge is -2.16. The Labute approximate surface area is 115 Å². The zero-order valence-corrected chi connectivity index (χ0v) is 12.4. The van der Waals surface area contributed by atoms with Crippen LogP contribution < -0.4 is 10.2 Å². The summed E-state index contributed by atoms with van der Waals surface area (Å²) in [6, 6.07) is 0.411. The van der Waals surface area contributed by atoms with Crippen molar-refractivity contribution in [2.75, 3.05) is 18.0 Å². The Morgan fingerprint density at radius 3 is 2.72 bits per heavy atom. The van der Waals surface area contributed by atoms with Crippen LogP contribution in [0.15, 0.2) is 6.20 Å². The number of rotatable bonds is 8. The van der Waals surface area contributed by atoms with Crippen LogP contribution >= 0.6 is 11.3 Å². The summed E-state index contributed by atoms with van der Waals surface area (Å²) in [6.45, 7) is 9.34. The molecule has 1 heterocycles. The first-order chi connectivity index (χ1) is 8.74. The highest BCUT2D eigenvalue weighted by molar-refractivity contribution is 7.15. The lowest BCUT2D eigenvalue weighted by molar-refractivity contribution is 0.509. The van der Waals surface area contributed by atoms with Crippen LogP contribution in [0.3, 0.4) is 0 Å². The Hall–Kier alpha value is -1.05. The maximum Gasteiger partial charge on any atom is 0.185 e. The normalized spacial score (nSPS) is 12.1. The SMILES string of the molecule is C#CCC(CC)NCc1cnc(N(CC)CC)s1.